The number of aryl methyl sites for hydroxylation is 1. The van der Waals surface area contributed by atoms with Crippen LogP contribution in [0.5, 0.6) is 5.88 Å². The molecule has 1 aliphatic carbocycles. The number of pyridine rings is 1. The van der Waals surface area contributed by atoms with Gasteiger partial charge in [-0.2, -0.15) is 0 Å². The Morgan fingerprint density at radius 1 is 1.19 bits per heavy atom. The van der Waals surface area contributed by atoms with Gasteiger partial charge in [0.1, 0.15) is 0 Å². The first-order valence-electron chi connectivity index (χ1n) is 8.28. The monoisotopic (exact) mass is 290 g/mol. The molecule has 0 atom stereocenters. The lowest BCUT2D eigenvalue weighted by molar-refractivity contribution is 0.202. The molecule has 21 heavy (non-hydrogen) atoms. The number of nitrogens with zero attached hydrogens (tertiary/aromatic N) is 1. The van der Waals surface area contributed by atoms with Crippen molar-refractivity contribution < 1.29 is 4.74 Å². The zero-order valence-electron chi connectivity index (χ0n) is 14.0. The molecule has 1 aliphatic rings. The molecule has 0 spiro atoms. The van der Waals surface area contributed by atoms with Gasteiger partial charge in [-0.1, -0.05) is 19.3 Å². The lowest BCUT2D eigenvalue weighted by Gasteiger charge is -2.22. The van der Waals surface area contributed by atoms with Gasteiger partial charge < -0.3 is 10.1 Å². The van der Waals surface area contributed by atoms with E-state index in [1.807, 2.05) is 6.92 Å². The van der Waals surface area contributed by atoms with Gasteiger partial charge in [0.25, 0.3) is 0 Å². The van der Waals surface area contributed by atoms with E-state index in [0.717, 1.165) is 30.6 Å². The molecule has 1 fully saturated rings. The van der Waals surface area contributed by atoms with Crippen LogP contribution in [0.4, 0.5) is 0 Å². The molecule has 1 N–H and O–H groups in total. The largest absolute Gasteiger partial charge is 0.477 e. The Balaban J connectivity index is 1.91. The summed E-state index contributed by atoms with van der Waals surface area (Å²) in [4.78, 5) is 4.51. The van der Waals surface area contributed by atoms with Crippen LogP contribution in [0, 0.1) is 12.8 Å². The van der Waals surface area contributed by atoms with Gasteiger partial charge in [0.2, 0.25) is 5.88 Å². The summed E-state index contributed by atoms with van der Waals surface area (Å²) in [5, 5.41) is 3.51. The molecular weight excluding hydrogens is 260 g/mol. The molecule has 0 unspecified atom stereocenters. The number of aromatic nitrogens is 1. The maximum atomic E-state index is 5.96. The highest BCUT2D eigenvalue weighted by Gasteiger charge is 2.15. The zero-order valence-corrected chi connectivity index (χ0v) is 14.0. The minimum Gasteiger partial charge on any atom is -0.477 e. The molecule has 0 amide bonds. The van der Waals surface area contributed by atoms with Crippen LogP contribution in [0.3, 0.4) is 0 Å². The highest BCUT2D eigenvalue weighted by Crippen LogP contribution is 2.24. The van der Waals surface area contributed by atoms with Gasteiger partial charge in [-0.25, -0.2) is 4.98 Å². The quantitative estimate of drug-likeness (QED) is 0.881. The third kappa shape index (κ3) is 6.04. The Hall–Kier alpha value is -1.09. The van der Waals surface area contributed by atoms with Crippen molar-refractivity contribution >= 4 is 0 Å². The summed E-state index contributed by atoms with van der Waals surface area (Å²) in [7, 11) is 0. The second-order valence-electron chi connectivity index (χ2n) is 7.37. The Kier molecular flexibility index (Phi) is 5.63. The topological polar surface area (TPSA) is 34.1 Å². The van der Waals surface area contributed by atoms with E-state index in [-0.39, 0.29) is 5.54 Å². The summed E-state index contributed by atoms with van der Waals surface area (Å²) in [6.45, 7) is 10.3. The summed E-state index contributed by atoms with van der Waals surface area (Å²) >= 11 is 0. The predicted molar refractivity (Wildman–Crippen MR) is 87.6 cm³/mol. The Bertz CT molecular complexity index is 445. The second-order valence-corrected chi connectivity index (χ2v) is 7.37. The van der Waals surface area contributed by atoms with Crippen molar-refractivity contribution in [3.05, 3.63) is 23.4 Å². The fourth-order valence-electron chi connectivity index (χ4n) is 2.81. The van der Waals surface area contributed by atoms with Crippen molar-refractivity contribution in [1.29, 1.82) is 0 Å². The molecule has 1 heterocycles. The first-order valence-corrected chi connectivity index (χ1v) is 8.28. The molecule has 118 valence electrons. The fourth-order valence-corrected chi connectivity index (χ4v) is 2.81. The third-order valence-corrected chi connectivity index (χ3v) is 4.00. The predicted octanol–water partition coefficient (Wildman–Crippen LogP) is 4.24. The highest BCUT2D eigenvalue weighted by molar-refractivity contribution is 5.24. The first kappa shape index (κ1) is 16.3. The number of hydrogen-bond donors (Lipinski definition) is 1. The smallest absolute Gasteiger partial charge is 0.213 e. The molecule has 0 bridgehead atoms. The van der Waals surface area contributed by atoms with Crippen molar-refractivity contribution in [2.75, 3.05) is 6.61 Å². The van der Waals surface area contributed by atoms with Crippen molar-refractivity contribution in [3.8, 4) is 5.88 Å². The molecule has 0 saturated heterocycles. The van der Waals surface area contributed by atoms with Crippen molar-refractivity contribution in [2.24, 2.45) is 5.92 Å². The van der Waals surface area contributed by atoms with E-state index in [4.69, 9.17) is 4.74 Å². The SMILES string of the molecule is Cc1cc(CNC(C)(C)C)cc(OCC2CCCCC2)n1. The highest BCUT2D eigenvalue weighted by atomic mass is 16.5. The van der Waals surface area contributed by atoms with Crippen molar-refractivity contribution in [2.45, 2.75) is 71.9 Å². The Morgan fingerprint density at radius 2 is 1.90 bits per heavy atom. The van der Waals surface area contributed by atoms with Gasteiger partial charge in [0.05, 0.1) is 6.61 Å². The molecule has 3 heteroatoms. The molecule has 3 nitrogen and oxygen atoms in total. The molecular formula is C18H30N2O. The summed E-state index contributed by atoms with van der Waals surface area (Å²) < 4.78 is 5.96. The van der Waals surface area contributed by atoms with Crippen molar-refractivity contribution in [3.63, 3.8) is 0 Å². The van der Waals surface area contributed by atoms with Gasteiger partial charge in [-0.15, -0.1) is 0 Å². The summed E-state index contributed by atoms with van der Waals surface area (Å²) in [6.07, 6.45) is 6.72. The van der Waals surface area contributed by atoms with Crippen LogP contribution in [0.2, 0.25) is 0 Å². The van der Waals surface area contributed by atoms with E-state index < -0.39 is 0 Å². The zero-order chi connectivity index (χ0) is 15.3. The normalized spacial score (nSPS) is 17.0. The summed E-state index contributed by atoms with van der Waals surface area (Å²) in [5.74, 6) is 1.50. The first-order chi connectivity index (χ1) is 9.92. The van der Waals surface area contributed by atoms with Gasteiger partial charge in [0, 0.05) is 23.8 Å². The maximum absolute atomic E-state index is 5.96. The van der Waals surface area contributed by atoms with E-state index in [2.05, 4.69) is 43.2 Å². The van der Waals surface area contributed by atoms with E-state index in [9.17, 15) is 0 Å². The minimum absolute atomic E-state index is 0.125. The number of ether oxygens (including phenoxy) is 1. The molecule has 1 saturated carbocycles. The average molecular weight is 290 g/mol. The maximum Gasteiger partial charge on any atom is 0.213 e. The molecule has 0 aliphatic heterocycles. The Labute approximate surface area is 129 Å². The molecule has 0 radical (unpaired) electrons. The average Bonchev–Trinajstić information content (AvgIpc) is 2.43. The lowest BCUT2D eigenvalue weighted by atomic mass is 9.90. The van der Waals surface area contributed by atoms with Gasteiger partial charge in [-0.3, -0.25) is 0 Å². The Morgan fingerprint density at radius 3 is 2.57 bits per heavy atom. The van der Waals surface area contributed by atoms with Gasteiger partial charge in [0.15, 0.2) is 0 Å². The van der Waals surface area contributed by atoms with Crippen LogP contribution in [0.1, 0.15) is 64.1 Å². The van der Waals surface area contributed by atoms with E-state index in [1.165, 1.54) is 37.7 Å². The van der Waals surface area contributed by atoms with Crippen LogP contribution >= 0.6 is 0 Å². The van der Waals surface area contributed by atoms with Crippen LogP contribution in [-0.2, 0) is 6.54 Å². The van der Waals surface area contributed by atoms with Gasteiger partial charge >= 0.3 is 0 Å². The summed E-state index contributed by atoms with van der Waals surface area (Å²) in [6, 6.07) is 4.21. The van der Waals surface area contributed by atoms with Crippen molar-refractivity contribution in [1.82, 2.24) is 10.3 Å². The van der Waals surface area contributed by atoms with Crippen LogP contribution < -0.4 is 10.1 Å². The molecule has 1 aromatic rings. The van der Waals surface area contributed by atoms with E-state index >= 15 is 0 Å². The summed E-state index contributed by atoms with van der Waals surface area (Å²) in [5.41, 5.74) is 2.40. The number of hydrogen-bond acceptors (Lipinski definition) is 3. The molecule has 1 aromatic heterocycles. The number of rotatable bonds is 5. The third-order valence-electron chi connectivity index (χ3n) is 4.00. The van der Waals surface area contributed by atoms with Crippen LogP contribution in [-0.4, -0.2) is 17.1 Å². The lowest BCUT2D eigenvalue weighted by Crippen LogP contribution is -2.35. The number of nitrogens with one attached hydrogen (secondary N) is 1. The van der Waals surface area contributed by atoms with Gasteiger partial charge in [-0.05, 0) is 58.1 Å². The van der Waals surface area contributed by atoms with E-state index in [0.29, 0.717) is 0 Å². The molecule has 2 rings (SSSR count). The molecule has 0 aromatic carbocycles. The second kappa shape index (κ2) is 7.26. The van der Waals surface area contributed by atoms with E-state index in [1.54, 1.807) is 0 Å². The van der Waals surface area contributed by atoms with Crippen LogP contribution in [0.25, 0.3) is 0 Å². The standard InChI is InChI=1S/C18H30N2O/c1-14-10-16(12-19-18(2,3)4)11-17(20-14)21-13-15-8-6-5-7-9-15/h10-11,15,19H,5-9,12-13H2,1-4H3. The van der Waals surface area contributed by atoms with Crippen LogP contribution in [0.15, 0.2) is 12.1 Å². The minimum atomic E-state index is 0.125. The fraction of sp³-hybridized carbons (Fsp3) is 0.722.